The van der Waals surface area contributed by atoms with E-state index in [-0.39, 0.29) is 0 Å². The van der Waals surface area contributed by atoms with Crippen LogP contribution in [0.1, 0.15) is 33.6 Å². The van der Waals surface area contributed by atoms with Gasteiger partial charge in [-0.25, -0.2) is 4.99 Å². The van der Waals surface area contributed by atoms with Crippen LogP contribution < -0.4 is 10.7 Å². The van der Waals surface area contributed by atoms with Crippen LogP contribution in [0.2, 0.25) is 5.02 Å². The number of nitrogens with zero attached hydrogens (tertiary/aromatic N) is 2. The monoisotopic (exact) mass is 650 g/mol. The van der Waals surface area contributed by atoms with Crippen molar-refractivity contribution in [2.75, 3.05) is 0 Å². The van der Waals surface area contributed by atoms with Crippen molar-refractivity contribution in [3.8, 4) is 0 Å². The Hall–Kier alpha value is -5.97. The van der Waals surface area contributed by atoms with E-state index < -0.39 is 5.54 Å². The molecule has 0 radical (unpaired) electrons. The predicted molar refractivity (Wildman–Crippen MR) is 201 cm³/mol. The van der Waals surface area contributed by atoms with Gasteiger partial charge in [-0.1, -0.05) is 127 Å². The quantitative estimate of drug-likeness (QED) is 0.193. The molecule has 6 aromatic rings. The summed E-state index contributed by atoms with van der Waals surface area (Å²) in [5.41, 5.74) is 11.4. The van der Waals surface area contributed by atoms with Crippen molar-refractivity contribution in [2.45, 2.75) is 12.0 Å². The van der Waals surface area contributed by atoms with Crippen molar-refractivity contribution in [1.29, 1.82) is 0 Å². The maximum atomic E-state index is 6.97. The van der Waals surface area contributed by atoms with Crippen molar-refractivity contribution in [3.63, 3.8) is 0 Å². The molecule has 9 rings (SSSR count). The number of aromatic nitrogens is 2. The van der Waals surface area contributed by atoms with Crippen LogP contribution in [-0.2, 0) is 12.0 Å². The van der Waals surface area contributed by atoms with E-state index in [0.717, 1.165) is 78.2 Å². The smallest absolute Gasteiger partial charge is 0.112 e. The van der Waals surface area contributed by atoms with Gasteiger partial charge < -0.3 is 9.97 Å². The summed E-state index contributed by atoms with van der Waals surface area (Å²) in [5.74, 6) is 0. The molecule has 49 heavy (non-hydrogen) atoms. The van der Waals surface area contributed by atoms with Gasteiger partial charge in [0.25, 0.3) is 0 Å². The minimum atomic E-state index is -0.720. The van der Waals surface area contributed by atoms with E-state index in [4.69, 9.17) is 21.6 Å². The standard InChI is InChI=1S/C44H31ClN4/c45-34-19-11-10-18-33(34)44-27-26-40(49-44)43(31-16-8-3-9-17-31)39-25-24-38(48-39)42(30-14-6-2-7-15-30)37-23-22-36(47-37)41(29-12-4-1-5-13-29)35-21-20-32(28-44)46-35/h1-27,46,48H,28H2/b41-36-,42-38-,43-39-. The Morgan fingerprint density at radius 1 is 0.531 bits per heavy atom. The largest absolute Gasteiger partial charge is 0.358 e. The van der Waals surface area contributed by atoms with Crippen LogP contribution in [0, 0.1) is 0 Å². The summed E-state index contributed by atoms with van der Waals surface area (Å²) in [7, 11) is 0. The van der Waals surface area contributed by atoms with Gasteiger partial charge in [0, 0.05) is 55.8 Å². The number of hydrogen-bond acceptors (Lipinski definition) is 2. The van der Waals surface area contributed by atoms with Crippen LogP contribution in [0.3, 0.4) is 0 Å². The summed E-state index contributed by atoms with van der Waals surface area (Å²) in [6, 6.07) is 48.1. The van der Waals surface area contributed by atoms with E-state index in [1.807, 2.05) is 36.4 Å². The maximum absolute atomic E-state index is 6.97. The van der Waals surface area contributed by atoms with Crippen LogP contribution in [-0.4, -0.2) is 21.4 Å². The number of rotatable bonds is 4. The van der Waals surface area contributed by atoms with Crippen LogP contribution in [0.25, 0.3) is 16.7 Å². The van der Waals surface area contributed by atoms with E-state index in [9.17, 15) is 0 Å². The molecule has 8 bridgehead atoms. The second kappa shape index (κ2) is 11.9. The first-order chi connectivity index (χ1) is 24.1. The molecule has 5 heteroatoms. The van der Waals surface area contributed by atoms with Gasteiger partial charge in [-0.05, 0) is 65.3 Å². The topological polar surface area (TPSA) is 56.3 Å². The Labute approximate surface area is 289 Å². The molecule has 3 aliphatic rings. The van der Waals surface area contributed by atoms with Gasteiger partial charge in [0.15, 0.2) is 0 Å². The highest BCUT2D eigenvalue weighted by molar-refractivity contribution is 6.32. The van der Waals surface area contributed by atoms with Gasteiger partial charge in [-0.15, -0.1) is 0 Å². The first kappa shape index (κ1) is 29.2. The fraction of sp³-hybridized carbons (Fsp3) is 0.0455. The number of allylic oxidation sites excluding steroid dienone is 3. The van der Waals surface area contributed by atoms with Gasteiger partial charge in [0.1, 0.15) is 5.54 Å². The molecule has 0 amide bonds. The molecular weight excluding hydrogens is 620 g/mol. The van der Waals surface area contributed by atoms with Crippen molar-refractivity contribution in [2.24, 2.45) is 9.98 Å². The highest BCUT2D eigenvalue weighted by Crippen LogP contribution is 2.41. The van der Waals surface area contributed by atoms with Crippen LogP contribution in [0.15, 0.2) is 180 Å². The number of aromatic amines is 2. The fourth-order valence-electron chi connectivity index (χ4n) is 7.25. The molecule has 2 N–H and O–H groups in total. The molecule has 0 spiro atoms. The normalized spacial score (nSPS) is 21.9. The number of nitrogens with one attached hydrogen (secondary N) is 2. The highest BCUT2D eigenvalue weighted by Gasteiger charge is 2.36. The van der Waals surface area contributed by atoms with Crippen molar-refractivity contribution in [3.05, 3.63) is 219 Å². The zero-order valence-electron chi connectivity index (χ0n) is 26.6. The van der Waals surface area contributed by atoms with Crippen LogP contribution in [0.5, 0.6) is 0 Å². The number of benzene rings is 4. The Morgan fingerprint density at radius 2 is 1.12 bits per heavy atom. The summed E-state index contributed by atoms with van der Waals surface area (Å²) in [5, 5.41) is 2.65. The molecule has 5 heterocycles. The van der Waals surface area contributed by atoms with Gasteiger partial charge in [0.05, 0.1) is 17.1 Å². The number of halogens is 1. The summed E-state index contributed by atoms with van der Waals surface area (Å²) < 4.78 is 0. The molecule has 4 aromatic carbocycles. The third-order valence-corrected chi connectivity index (χ3v) is 9.80. The molecule has 0 saturated heterocycles. The number of H-pyrrole nitrogens is 2. The number of aliphatic imine (C=N–C) groups is 2. The third kappa shape index (κ3) is 5.18. The van der Waals surface area contributed by atoms with Gasteiger partial charge >= 0.3 is 0 Å². The summed E-state index contributed by atoms with van der Waals surface area (Å²) in [6.45, 7) is 0. The minimum Gasteiger partial charge on any atom is -0.358 e. The Balaban J connectivity index is 1.40. The second-order valence-electron chi connectivity index (χ2n) is 12.5. The van der Waals surface area contributed by atoms with E-state index in [0.29, 0.717) is 11.4 Å². The molecule has 4 nitrogen and oxygen atoms in total. The van der Waals surface area contributed by atoms with Gasteiger partial charge in [-0.2, -0.15) is 0 Å². The Kier molecular flexibility index (Phi) is 7.10. The van der Waals surface area contributed by atoms with E-state index >= 15 is 0 Å². The zero-order valence-corrected chi connectivity index (χ0v) is 27.3. The highest BCUT2D eigenvalue weighted by atomic mass is 35.5. The van der Waals surface area contributed by atoms with Crippen LogP contribution >= 0.6 is 11.6 Å². The SMILES string of the molecule is Clc1ccccc1C12C=CC(=N1)/C(c1ccccc1)=c1/cc/c([nH]1)=C(\c1ccccc1)C1=N/C(=C(/c3ccccc3)c3ccc([nH]3)C2)C=C1. The maximum Gasteiger partial charge on any atom is 0.112 e. The molecule has 2 aromatic heterocycles. The lowest BCUT2D eigenvalue weighted by Crippen LogP contribution is -2.25. The fourth-order valence-corrected chi connectivity index (χ4v) is 7.55. The average Bonchev–Trinajstić information content (AvgIpc) is 3.97. The summed E-state index contributed by atoms with van der Waals surface area (Å²) in [4.78, 5) is 18.5. The Bertz CT molecular complexity index is 2510. The zero-order chi connectivity index (χ0) is 32.8. The molecule has 1 unspecified atom stereocenters. The number of fused-ring (bicyclic) bond motifs is 6. The second-order valence-corrected chi connectivity index (χ2v) is 12.9. The molecular formula is C44H31ClN4. The van der Waals surface area contributed by atoms with E-state index in [1.165, 1.54) is 0 Å². The lowest BCUT2D eigenvalue weighted by atomic mass is 9.86. The van der Waals surface area contributed by atoms with Crippen molar-refractivity contribution >= 4 is 39.7 Å². The lowest BCUT2D eigenvalue weighted by molar-refractivity contribution is 0.565. The van der Waals surface area contributed by atoms with Crippen molar-refractivity contribution < 1.29 is 0 Å². The van der Waals surface area contributed by atoms with Crippen LogP contribution in [0.4, 0.5) is 0 Å². The third-order valence-electron chi connectivity index (χ3n) is 9.47. The molecule has 3 aliphatic heterocycles. The summed E-state index contributed by atoms with van der Waals surface area (Å²) >= 11 is 6.97. The first-order valence-electron chi connectivity index (χ1n) is 16.5. The molecule has 0 aliphatic carbocycles. The molecule has 0 fully saturated rings. The molecule has 0 saturated carbocycles. The lowest BCUT2D eigenvalue weighted by Gasteiger charge is -2.26. The van der Waals surface area contributed by atoms with E-state index in [2.05, 4.69) is 137 Å². The van der Waals surface area contributed by atoms with Crippen molar-refractivity contribution in [1.82, 2.24) is 9.97 Å². The van der Waals surface area contributed by atoms with E-state index in [1.54, 1.807) is 0 Å². The molecule has 234 valence electrons. The Morgan fingerprint density at radius 3 is 1.78 bits per heavy atom. The minimum absolute atomic E-state index is 0.600. The first-order valence-corrected chi connectivity index (χ1v) is 16.9. The molecule has 1 atom stereocenters. The predicted octanol–water partition coefficient (Wildman–Crippen LogP) is 8.33. The number of hydrogen-bond donors (Lipinski definition) is 2. The van der Waals surface area contributed by atoms with Gasteiger partial charge in [-0.3, -0.25) is 4.99 Å². The van der Waals surface area contributed by atoms with Gasteiger partial charge in [0.2, 0.25) is 0 Å². The summed E-state index contributed by atoms with van der Waals surface area (Å²) in [6.07, 6.45) is 9.23. The average molecular weight is 651 g/mol.